The molecule has 0 aliphatic carbocycles. The summed E-state index contributed by atoms with van der Waals surface area (Å²) in [4.78, 5) is 23.3. The van der Waals surface area contributed by atoms with Crippen LogP contribution in [-0.2, 0) is 11.3 Å². The number of H-pyrrole nitrogens is 2. The highest BCUT2D eigenvalue weighted by atomic mass is 16.5. The van der Waals surface area contributed by atoms with E-state index in [-0.39, 0.29) is 11.8 Å². The fraction of sp³-hybridized carbons (Fsp3) is 0.320. The second kappa shape index (κ2) is 9.56. The maximum absolute atomic E-state index is 13.0. The molecule has 9 heteroatoms. The lowest BCUT2D eigenvalue weighted by atomic mass is 9.95. The van der Waals surface area contributed by atoms with Gasteiger partial charge in [-0.2, -0.15) is 5.10 Å². The highest BCUT2D eigenvalue weighted by Gasteiger charge is 2.26. The number of nitrogens with one attached hydrogen (secondary N) is 3. The molecule has 0 atom stereocenters. The molecule has 0 spiro atoms. The van der Waals surface area contributed by atoms with Crippen molar-refractivity contribution < 1.29 is 14.3 Å². The summed E-state index contributed by atoms with van der Waals surface area (Å²) in [6.07, 6.45) is 3.35. The molecule has 9 nitrogen and oxygen atoms in total. The number of piperidine rings is 1. The highest BCUT2D eigenvalue weighted by Crippen LogP contribution is 2.33. The lowest BCUT2D eigenvalue weighted by Crippen LogP contribution is -2.37. The standard InChI is InChI=1S/C25H28N6O3/c1-33-21-12-18-19(13-22(21)34-2)28-24(27-18)23-20(14-26-30-23)29-25(32)17-8-10-31(11-9-17)15-16-6-4-3-5-7-16/h3-7,12-14,17H,8-11,15H2,1-2H3,(H,26,30)(H,27,28)(H,29,32). The van der Waals surface area contributed by atoms with Gasteiger partial charge >= 0.3 is 0 Å². The summed E-state index contributed by atoms with van der Waals surface area (Å²) in [6.45, 7) is 2.72. The van der Waals surface area contributed by atoms with Gasteiger partial charge in [0.1, 0.15) is 0 Å². The molecule has 1 fully saturated rings. The van der Waals surface area contributed by atoms with E-state index in [4.69, 9.17) is 9.47 Å². The minimum atomic E-state index is -0.0287. The normalized spacial score (nSPS) is 14.9. The molecule has 34 heavy (non-hydrogen) atoms. The van der Waals surface area contributed by atoms with Crippen LogP contribution in [0.2, 0.25) is 0 Å². The fourth-order valence-electron chi connectivity index (χ4n) is 4.44. The molecule has 5 rings (SSSR count). The molecule has 2 aromatic heterocycles. The zero-order chi connectivity index (χ0) is 23.5. The van der Waals surface area contributed by atoms with Crippen molar-refractivity contribution in [1.82, 2.24) is 25.1 Å². The molecule has 1 aliphatic rings. The van der Waals surface area contributed by atoms with E-state index in [0.29, 0.717) is 28.7 Å². The predicted octanol–water partition coefficient (Wildman–Crippen LogP) is 3.82. The van der Waals surface area contributed by atoms with Crippen molar-refractivity contribution in [2.75, 3.05) is 32.6 Å². The Labute approximate surface area is 197 Å². The predicted molar refractivity (Wildman–Crippen MR) is 130 cm³/mol. The number of benzene rings is 2. The van der Waals surface area contributed by atoms with E-state index in [9.17, 15) is 4.79 Å². The zero-order valence-electron chi connectivity index (χ0n) is 19.3. The number of likely N-dealkylation sites (tertiary alicyclic amines) is 1. The fourth-order valence-corrected chi connectivity index (χ4v) is 4.44. The summed E-state index contributed by atoms with van der Waals surface area (Å²) in [5.74, 6) is 1.75. The third-order valence-electron chi connectivity index (χ3n) is 6.32. The first-order chi connectivity index (χ1) is 16.6. The van der Waals surface area contributed by atoms with Crippen LogP contribution in [0, 0.1) is 5.92 Å². The number of aromatic nitrogens is 4. The van der Waals surface area contributed by atoms with Crippen molar-refractivity contribution in [3.8, 4) is 23.0 Å². The molecule has 0 saturated carbocycles. The zero-order valence-corrected chi connectivity index (χ0v) is 19.3. The third-order valence-corrected chi connectivity index (χ3v) is 6.32. The summed E-state index contributed by atoms with van der Waals surface area (Å²) >= 11 is 0. The molecule has 1 amide bonds. The number of ether oxygens (including phenoxy) is 2. The van der Waals surface area contributed by atoms with Crippen LogP contribution in [0.25, 0.3) is 22.6 Å². The van der Waals surface area contributed by atoms with Crippen LogP contribution < -0.4 is 14.8 Å². The first kappa shape index (κ1) is 22.0. The number of hydrogen-bond acceptors (Lipinski definition) is 6. The summed E-state index contributed by atoms with van der Waals surface area (Å²) in [5.41, 5.74) is 3.98. The quantitative estimate of drug-likeness (QED) is 0.387. The van der Waals surface area contributed by atoms with E-state index in [1.165, 1.54) is 5.56 Å². The number of amides is 1. The van der Waals surface area contributed by atoms with Crippen molar-refractivity contribution in [2.24, 2.45) is 5.92 Å². The summed E-state index contributed by atoms with van der Waals surface area (Å²) < 4.78 is 10.7. The average Bonchev–Trinajstić information content (AvgIpc) is 3.50. The Hall–Kier alpha value is -3.85. The van der Waals surface area contributed by atoms with Crippen molar-refractivity contribution in [3.05, 3.63) is 54.2 Å². The van der Waals surface area contributed by atoms with E-state index < -0.39 is 0 Å². The maximum Gasteiger partial charge on any atom is 0.227 e. The molecule has 4 aromatic rings. The SMILES string of the molecule is COc1cc2nc(-c3n[nH]cc3NC(=O)C3CCN(Cc4ccccc4)CC3)[nH]c2cc1OC. The molecular weight excluding hydrogens is 432 g/mol. The smallest absolute Gasteiger partial charge is 0.227 e. The topological polar surface area (TPSA) is 108 Å². The summed E-state index contributed by atoms with van der Waals surface area (Å²) in [6, 6.07) is 14.1. The lowest BCUT2D eigenvalue weighted by molar-refractivity contribution is -0.121. The molecule has 176 valence electrons. The van der Waals surface area contributed by atoms with Gasteiger partial charge in [-0.1, -0.05) is 30.3 Å². The Balaban J connectivity index is 1.25. The van der Waals surface area contributed by atoms with E-state index in [2.05, 4.69) is 54.6 Å². The van der Waals surface area contributed by atoms with Gasteiger partial charge in [-0.3, -0.25) is 14.8 Å². The number of fused-ring (bicyclic) bond motifs is 1. The molecule has 1 saturated heterocycles. The number of carbonyl (C=O) groups is 1. The molecule has 0 bridgehead atoms. The van der Waals surface area contributed by atoms with Crippen LogP contribution >= 0.6 is 0 Å². The van der Waals surface area contributed by atoms with Gasteiger partial charge in [-0.05, 0) is 31.5 Å². The van der Waals surface area contributed by atoms with Gasteiger partial charge in [-0.25, -0.2) is 4.98 Å². The third kappa shape index (κ3) is 4.47. The monoisotopic (exact) mass is 460 g/mol. The average molecular weight is 461 g/mol. The lowest BCUT2D eigenvalue weighted by Gasteiger charge is -2.31. The van der Waals surface area contributed by atoms with Gasteiger partial charge in [-0.15, -0.1) is 0 Å². The Bertz CT molecular complexity index is 1230. The van der Waals surface area contributed by atoms with Crippen LogP contribution in [0.3, 0.4) is 0 Å². The number of hydrogen-bond donors (Lipinski definition) is 3. The first-order valence-corrected chi connectivity index (χ1v) is 11.4. The van der Waals surface area contributed by atoms with Crippen molar-refractivity contribution in [3.63, 3.8) is 0 Å². The highest BCUT2D eigenvalue weighted by molar-refractivity contribution is 5.96. The van der Waals surface area contributed by atoms with Crippen molar-refractivity contribution in [1.29, 1.82) is 0 Å². The minimum absolute atomic E-state index is 0.0152. The van der Waals surface area contributed by atoms with Crippen LogP contribution in [0.4, 0.5) is 5.69 Å². The van der Waals surface area contributed by atoms with Crippen molar-refractivity contribution in [2.45, 2.75) is 19.4 Å². The van der Waals surface area contributed by atoms with Gasteiger partial charge in [0.05, 0.1) is 30.9 Å². The number of methoxy groups -OCH3 is 2. The first-order valence-electron chi connectivity index (χ1n) is 11.4. The number of rotatable bonds is 7. The van der Waals surface area contributed by atoms with Crippen LogP contribution in [-0.4, -0.2) is 58.3 Å². The summed E-state index contributed by atoms with van der Waals surface area (Å²) in [7, 11) is 3.18. The van der Waals surface area contributed by atoms with Gasteiger partial charge in [0.25, 0.3) is 0 Å². The van der Waals surface area contributed by atoms with E-state index in [1.54, 1.807) is 20.4 Å². The minimum Gasteiger partial charge on any atom is -0.493 e. The molecule has 2 aromatic carbocycles. The van der Waals surface area contributed by atoms with Gasteiger partial charge < -0.3 is 19.8 Å². The number of carbonyl (C=O) groups excluding carboxylic acids is 1. The van der Waals surface area contributed by atoms with E-state index >= 15 is 0 Å². The molecule has 3 N–H and O–H groups in total. The number of imidazole rings is 1. The Kier molecular flexibility index (Phi) is 6.18. The Morgan fingerprint density at radius 1 is 1.12 bits per heavy atom. The second-order valence-corrected chi connectivity index (χ2v) is 8.48. The van der Waals surface area contributed by atoms with Crippen LogP contribution in [0.5, 0.6) is 11.5 Å². The molecule has 3 heterocycles. The number of nitrogens with zero attached hydrogens (tertiary/aromatic N) is 3. The molecular formula is C25H28N6O3. The number of aromatic amines is 2. The molecule has 0 radical (unpaired) electrons. The maximum atomic E-state index is 13.0. The van der Waals surface area contributed by atoms with Gasteiger partial charge in [0.15, 0.2) is 23.0 Å². The Morgan fingerprint density at radius 2 is 1.85 bits per heavy atom. The Morgan fingerprint density at radius 3 is 2.59 bits per heavy atom. The largest absolute Gasteiger partial charge is 0.493 e. The van der Waals surface area contributed by atoms with Crippen LogP contribution in [0.1, 0.15) is 18.4 Å². The summed E-state index contributed by atoms with van der Waals surface area (Å²) in [5, 5.41) is 10.2. The van der Waals surface area contributed by atoms with E-state index in [1.807, 2.05) is 18.2 Å². The van der Waals surface area contributed by atoms with Crippen LogP contribution in [0.15, 0.2) is 48.7 Å². The van der Waals surface area contributed by atoms with Crippen molar-refractivity contribution >= 4 is 22.6 Å². The van der Waals surface area contributed by atoms with E-state index in [0.717, 1.165) is 43.5 Å². The molecule has 1 aliphatic heterocycles. The van der Waals surface area contributed by atoms with Gasteiger partial charge in [0.2, 0.25) is 5.91 Å². The van der Waals surface area contributed by atoms with Gasteiger partial charge in [0, 0.05) is 30.8 Å². The number of anilines is 1. The molecule has 0 unspecified atom stereocenters. The second-order valence-electron chi connectivity index (χ2n) is 8.48.